The van der Waals surface area contributed by atoms with E-state index in [0.717, 1.165) is 0 Å². The lowest BCUT2D eigenvalue weighted by Gasteiger charge is -2.20. The highest BCUT2D eigenvalue weighted by molar-refractivity contribution is 6.23. The molecule has 9 rings (SSSR count). The van der Waals surface area contributed by atoms with Gasteiger partial charge < -0.3 is 4.42 Å². The zero-order valence-electron chi connectivity index (χ0n) is 40.0. The van der Waals surface area contributed by atoms with E-state index in [1.54, 1.807) is 48.5 Å². The first-order chi connectivity index (χ1) is 28.8. The van der Waals surface area contributed by atoms with E-state index in [-0.39, 0.29) is 60.5 Å². The number of para-hydroxylation sites is 1. The molecule has 0 fully saturated rings. The number of hydrogen-bond acceptors (Lipinski definition) is 1. The van der Waals surface area contributed by atoms with Crippen LogP contribution in [-0.2, 0) is 0 Å². The summed E-state index contributed by atoms with van der Waals surface area (Å²) in [6.45, 7) is 0. The van der Waals surface area contributed by atoms with Gasteiger partial charge in [0.15, 0.2) is 0 Å². The van der Waals surface area contributed by atoms with Gasteiger partial charge in [-0.05, 0) is 89.9 Å². The highest BCUT2D eigenvalue weighted by atomic mass is 16.3. The van der Waals surface area contributed by atoms with Crippen molar-refractivity contribution in [2.45, 2.75) is 0 Å². The molecule has 0 unspecified atom stereocenters. The molecule has 0 radical (unpaired) electrons. The van der Waals surface area contributed by atoms with Gasteiger partial charge in [0.2, 0.25) is 0 Å². The van der Waals surface area contributed by atoms with Crippen LogP contribution >= 0.6 is 0 Å². The molecule has 0 saturated heterocycles. The third-order valence-electron chi connectivity index (χ3n) is 7.50. The molecule has 0 aliphatic rings. The van der Waals surface area contributed by atoms with Crippen LogP contribution in [0.3, 0.4) is 0 Å². The van der Waals surface area contributed by atoms with Crippen LogP contribution in [0.2, 0.25) is 0 Å². The zero-order chi connectivity index (χ0) is 44.0. The minimum atomic E-state index is -0.728. The third kappa shape index (κ3) is 3.72. The van der Waals surface area contributed by atoms with Gasteiger partial charge in [-0.1, -0.05) is 133 Å². The number of fused-ring (bicyclic) bond motifs is 6. The fraction of sp³-hybridized carbons (Fsp3) is 0. The van der Waals surface area contributed by atoms with Crippen molar-refractivity contribution in [2.75, 3.05) is 0 Å². The lowest BCUT2D eigenvalue weighted by molar-refractivity contribution is 0.669. The molecule has 0 amide bonds. The molecule has 0 saturated carbocycles. The normalized spacial score (nSPS) is 17.6. The van der Waals surface area contributed by atoms with Crippen molar-refractivity contribution in [3.63, 3.8) is 0 Å². The molecule has 43 heavy (non-hydrogen) atoms. The molecule has 0 bridgehead atoms. The summed E-state index contributed by atoms with van der Waals surface area (Å²) in [5.74, 6) is 0. The van der Waals surface area contributed by atoms with E-state index < -0.39 is 114 Å². The molecule has 0 aliphatic carbocycles. The Morgan fingerprint density at radius 2 is 1.02 bits per heavy atom. The minimum Gasteiger partial charge on any atom is -0.456 e. The number of benzene rings is 8. The smallest absolute Gasteiger partial charge is 0.136 e. The van der Waals surface area contributed by atoms with E-state index >= 15 is 0 Å². The Morgan fingerprint density at radius 3 is 1.77 bits per heavy atom. The largest absolute Gasteiger partial charge is 0.456 e. The van der Waals surface area contributed by atoms with Gasteiger partial charge in [0.05, 0.1) is 24.7 Å². The second-order valence-electron chi connectivity index (χ2n) is 9.85. The first kappa shape index (κ1) is 12.3. The van der Waals surface area contributed by atoms with Gasteiger partial charge in [0, 0.05) is 10.8 Å². The van der Waals surface area contributed by atoms with Crippen molar-refractivity contribution >= 4 is 54.3 Å². The lowest BCUT2D eigenvalue weighted by atomic mass is 9.83. The summed E-state index contributed by atoms with van der Waals surface area (Å²) >= 11 is 0. The molecule has 0 spiro atoms. The molecule has 0 aliphatic heterocycles. The van der Waals surface area contributed by atoms with E-state index in [9.17, 15) is 5.48 Å². The lowest BCUT2D eigenvalue weighted by Crippen LogP contribution is -1.93. The van der Waals surface area contributed by atoms with Crippen LogP contribution in [0.1, 0.15) is 24.7 Å². The molecule has 1 heteroatoms. The van der Waals surface area contributed by atoms with Crippen molar-refractivity contribution in [1.29, 1.82) is 0 Å². The Bertz CT molecular complexity index is 3430. The maximum atomic E-state index is 9.97. The van der Waals surface area contributed by atoms with Gasteiger partial charge in [0.1, 0.15) is 11.2 Å². The minimum absolute atomic E-state index is 0.133. The van der Waals surface area contributed by atoms with Gasteiger partial charge in [-0.15, -0.1) is 0 Å². The summed E-state index contributed by atoms with van der Waals surface area (Å²) in [5.41, 5.74) is -1.42. The number of rotatable bonds is 3. The van der Waals surface area contributed by atoms with Crippen molar-refractivity contribution in [3.8, 4) is 33.4 Å². The summed E-state index contributed by atoms with van der Waals surface area (Å²) in [7, 11) is 0. The molecule has 0 atom stereocenters. The van der Waals surface area contributed by atoms with Crippen molar-refractivity contribution < 1.29 is 29.1 Å². The zero-order valence-corrected chi connectivity index (χ0v) is 22.0. The van der Waals surface area contributed by atoms with Crippen LogP contribution in [0, 0.1) is 0 Å². The van der Waals surface area contributed by atoms with E-state index in [1.807, 2.05) is 0 Å². The van der Waals surface area contributed by atoms with E-state index in [2.05, 4.69) is 0 Å². The summed E-state index contributed by atoms with van der Waals surface area (Å²) < 4.78 is 165. The van der Waals surface area contributed by atoms with Gasteiger partial charge in [-0.25, -0.2) is 0 Å². The fourth-order valence-electron chi connectivity index (χ4n) is 5.71. The maximum Gasteiger partial charge on any atom is 0.136 e. The van der Waals surface area contributed by atoms with Crippen LogP contribution in [0.25, 0.3) is 87.6 Å². The quantitative estimate of drug-likeness (QED) is 0.195. The summed E-state index contributed by atoms with van der Waals surface area (Å²) in [4.78, 5) is 0. The highest BCUT2D eigenvalue weighted by Gasteiger charge is 2.21. The van der Waals surface area contributed by atoms with Gasteiger partial charge in [0.25, 0.3) is 0 Å². The molecule has 0 N–H and O–H groups in total. The Balaban J connectivity index is 1.56. The molecular weight excluding hydrogens is 520 g/mol. The second kappa shape index (κ2) is 9.44. The summed E-state index contributed by atoms with van der Waals surface area (Å²) in [6.07, 6.45) is 0. The van der Waals surface area contributed by atoms with Crippen molar-refractivity contribution in [1.82, 2.24) is 0 Å². The topological polar surface area (TPSA) is 13.1 Å². The maximum absolute atomic E-state index is 9.97. The second-order valence-corrected chi connectivity index (χ2v) is 9.85. The summed E-state index contributed by atoms with van der Waals surface area (Å²) in [5, 5.41) is 0.263. The average Bonchev–Trinajstić information content (AvgIpc) is 3.67. The Kier molecular flexibility index (Phi) is 2.70. The Hall–Kier alpha value is -5.66. The predicted octanol–water partition coefficient (Wildman–Crippen LogP) is 12.0. The fourth-order valence-corrected chi connectivity index (χ4v) is 5.71. The van der Waals surface area contributed by atoms with Gasteiger partial charge >= 0.3 is 0 Å². The van der Waals surface area contributed by atoms with E-state index in [1.165, 1.54) is 0 Å². The molecule has 1 aromatic heterocycles. The molecule has 200 valence electrons. The number of hydrogen-bond donors (Lipinski definition) is 0. The van der Waals surface area contributed by atoms with E-state index in [4.69, 9.17) is 23.6 Å². The highest BCUT2D eigenvalue weighted by Crippen LogP contribution is 2.48. The standard InChI is InChI=1S/C42H26O/c1-2-13-28(14-3-1)36-26-40-37(31-16-10-11-21-39(31)43-40)25-38(36)42-34-19-8-6-17-32(34)41(33-18-7-9-20-35(33)42)30-23-22-27-12-4-5-15-29(27)24-30/h1-26H/i1D,2D,3D,4D,5D,10D,11D,12D,13D,14D,15D,16D,21D,22D,23D,24D,25D,26D. The van der Waals surface area contributed by atoms with Crippen LogP contribution < -0.4 is 0 Å². The first-order valence-electron chi connectivity index (χ1n) is 22.3. The monoisotopic (exact) mass is 564 g/mol. The molecule has 8 aromatic carbocycles. The van der Waals surface area contributed by atoms with Gasteiger partial charge in [-0.2, -0.15) is 0 Å². The summed E-state index contributed by atoms with van der Waals surface area (Å²) in [6, 6.07) is 2.32. The first-order valence-corrected chi connectivity index (χ1v) is 13.3. The average molecular weight is 565 g/mol. The SMILES string of the molecule is [2H]c1c([2H])c([2H])c(-c2c(-c3c4ccccc4c(-c4c([2H])c([2H])c5c([2H])c([2H])c([2H])c([2H])c5c4[2H])c4ccccc34)c([2H])c3c(oc4c([2H])c([2H])c([2H])c([2H])c43)c2[2H])c([2H])c1[2H]. The Morgan fingerprint density at radius 1 is 0.395 bits per heavy atom. The number of furan rings is 1. The van der Waals surface area contributed by atoms with Gasteiger partial charge in [-0.3, -0.25) is 0 Å². The van der Waals surface area contributed by atoms with Crippen LogP contribution in [0.15, 0.2) is 162 Å². The molecule has 1 nitrogen and oxygen atoms in total. The predicted molar refractivity (Wildman–Crippen MR) is 183 cm³/mol. The van der Waals surface area contributed by atoms with Crippen LogP contribution in [-0.4, -0.2) is 0 Å². The van der Waals surface area contributed by atoms with E-state index in [0.29, 0.717) is 21.5 Å². The van der Waals surface area contributed by atoms with Crippen LogP contribution in [0.4, 0.5) is 0 Å². The molecule has 1 heterocycles. The molecule has 9 aromatic rings. The van der Waals surface area contributed by atoms with Crippen LogP contribution in [0.5, 0.6) is 0 Å². The van der Waals surface area contributed by atoms with Crippen molar-refractivity contribution in [3.05, 3.63) is 157 Å². The molecular formula is C42H26O. The van der Waals surface area contributed by atoms with Crippen molar-refractivity contribution in [2.24, 2.45) is 0 Å². The third-order valence-corrected chi connectivity index (χ3v) is 7.50. The Labute approximate surface area is 274 Å².